The molecule has 2 amide bonds. The molecule has 7 heteroatoms. The molecule has 3 aliphatic heterocycles. The maximum atomic E-state index is 13.1. The lowest BCUT2D eigenvalue weighted by atomic mass is 10.0. The maximum absolute atomic E-state index is 13.1. The van der Waals surface area contributed by atoms with Gasteiger partial charge in [0, 0.05) is 36.5 Å². The summed E-state index contributed by atoms with van der Waals surface area (Å²) < 4.78 is 11.7. The number of piperidine rings is 1. The van der Waals surface area contributed by atoms with E-state index in [1.807, 2.05) is 24.3 Å². The van der Waals surface area contributed by atoms with E-state index in [9.17, 15) is 9.59 Å². The molecule has 0 aromatic heterocycles. The molecule has 2 aromatic rings. The second-order valence-corrected chi connectivity index (χ2v) is 8.81. The van der Waals surface area contributed by atoms with Crippen molar-refractivity contribution in [3.63, 3.8) is 0 Å². The predicted molar refractivity (Wildman–Crippen MR) is 123 cm³/mol. The molecule has 0 spiro atoms. The number of ether oxygens (including phenoxy) is 2. The van der Waals surface area contributed by atoms with Gasteiger partial charge in [0.2, 0.25) is 5.91 Å². The van der Waals surface area contributed by atoms with Gasteiger partial charge in [-0.1, -0.05) is 36.9 Å². The van der Waals surface area contributed by atoms with Crippen LogP contribution in [0.25, 0.3) is 0 Å². The summed E-state index contributed by atoms with van der Waals surface area (Å²) >= 11 is 0. The summed E-state index contributed by atoms with van der Waals surface area (Å²) in [5, 5.41) is 2.78. The molecular formula is C26H29N3O4. The second-order valence-electron chi connectivity index (χ2n) is 8.81. The first-order valence-corrected chi connectivity index (χ1v) is 11.5. The molecule has 0 bridgehead atoms. The van der Waals surface area contributed by atoms with Crippen molar-refractivity contribution in [2.45, 2.75) is 38.6 Å². The summed E-state index contributed by atoms with van der Waals surface area (Å²) in [6.07, 6.45) is 1.27. The Morgan fingerprint density at radius 2 is 1.85 bits per heavy atom. The third-order valence-corrected chi connectivity index (χ3v) is 6.65. The first-order chi connectivity index (χ1) is 16.1. The summed E-state index contributed by atoms with van der Waals surface area (Å²) in [5.74, 6) is 0.424. The van der Waals surface area contributed by atoms with Gasteiger partial charge in [-0.25, -0.2) is 0 Å². The van der Waals surface area contributed by atoms with Gasteiger partial charge < -0.3 is 19.7 Å². The van der Waals surface area contributed by atoms with E-state index in [2.05, 4.69) is 35.0 Å². The molecule has 7 nitrogen and oxygen atoms in total. The van der Waals surface area contributed by atoms with Gasteiger partial charge in [-0.3, -0.25) is 14.5 Å². The number of hydrogen-bond acceptors (Lipinski definition) is 5. The van der Waals surface area contributed by atoms with Gasteiger partial charge in [0.25, 0.3) is 5.91 Å². The fourth-order valence-electron chi connectivity index (χ4n) is 4.78. The van der Waals surface area contributed by atoms with Crippen LogP contribution in [0.5, 0.6) is 5.75 Å². The highest BCUT2D eigenvalue weighted by atomic mass is 16.5. The number of hydrogen-bond donors (Lipinski definition) is 1. The highest BCUT2D eigenvalue weighted by molar-refractivity contribution is 6.02. The van der Waals surface area contributed by atoms with Crippen molar-refractivity contribution in [1.82, 2.24) is 15.1 Å². The van der Waals surface area contributed by atoms with E-state index in [0.29, 0.717) is 43.0 Å². The normalized spacial score (nSPS) is 21.2. The molecule has 0 radical (unpaired) electrons. The largest absolute Gasteiger partial charge is 0.489 e. The molecule has 3 aliphatic rings. The Hall–Kier alpha value is -3.16. The molecule has 1 unspecified atom stereocenters. The van der Waals surface area contributed by atoms with Crippen LogP contribution < -0.4 is 10.1 Å². The molecule has 2 saturated heterocycles. The monoisotopic (exact) mass is 447 g/mol. The smallest absolute Gasteiger partial charge is 0.255 e. The minimum Gasteiger partial charge on any atom is -0.489 e. The van der Waals surface area contributed by atoms with Crippen molar-refractivity contribution in [2.24, 2.45) is 0 Å². The number of carbonyl (C=O) groups is 2. The lowest BCUT2D eigenvalue weighted by Gasteiger charge is -2.31. The Morgan fingerprint density at radius 3 is 2.64 bits per heavy atom. The minimum atomic E-state index is -0.475. The Balaban J connectivity index is 1.30. The van der Waals surface area contributed by atoms with Crippen LogP contribution in [0.4, 0.5) is 0 Å². The van der Waals surface area contributed by atoms with E-state index in [1.165, 1.54) is 5.56 Å². The zero-order valence-corrected chi connectivity index (χ0v) is 18.7. The fourth-order valence-corrected chi connectivity index (χ4v) is 4.78. The van der Waals surface area contributed by atoms with Crippen LogP contribution in [0.3, 0.4) is 0 Å². The van der Waals surface area contributed by atoms with Crippen molar-refractivity contribution in [2.75, 3.05) is 26.3 Å². The van der Waals surface area contributed by atoms with E-state index < -0.39 is 6.04 Å². The van der Waals surface area contributed by atoms with Gasteiger partial charge in [-0.05, 0) is 36.1 Å². The number of nitrogens with zero attached hydrogens (tertiary/aromatic N) is 2. The third kappa shape index (κ3) is 4.51. The molecule has 2 aromatic carbocycles. The van der Waals surface area contributed by atoms with E-state index >= 15 is 0 Å². The number of morpholine rings is 1. The van der Waals surface area contributed by atoms with Crippen LogP contribution in [0.1, 0.15) is 39.9 Å². The van der Waals surface area contributed by atoms with Gasteiger partial charge in [0.15, 0.2) is 0 Å². The highest BCUT2D eigenvalue weighted by Crippen LogP contribution is 2.34. The van der Waals surface area contributed by atoms with Crippen molar-refractivity contribution < 1.29 is 19.1 Å². The standard InChI is InChI=1S/C26H29N3O4/c1-18-9-10-23(25(30)27-18)29-16-22-21(26(29)31)7-4-8-24(22)33-17-20-6-3-2-5-19(20)15-28-11-13-32-14-12-28/h2-8,23H,1,9-17H2,(H,27,30). The maximum Gasteiger partial charge on any atom is 0.255 e. The lowest BCUT2D eigenvalue weighted by Crippen LogP contribution is -2.49. The zero-order valence-electron chi connectivity index (χ0n) is 18.7. The third-order valence-electron chi connectivity index (χ3n) is 6.65. The van der Waals surface area contributed by atoms with E-state index in [0.717, 1.165) is 44.0 Å². The molecule has 5 rings (SSSR count). The highest BCUT2D eigenvalue weighted by Gasteiger charge is 2.39. The topological polar surface area (TPSA) is 71.1 Å². The molecule has 172 valence electrons. The summed E-state index contributed by atoms with van der Waals surface area (Å²) in [7, 11) is 0. The molecule has 0 aliphatic carbocycles. The summed E-state index contributed by atoms with van der Waals surface area (Å²) in [6.45, 7) is 8.91. The van der Waals surface area contributed by atoms with E-state index in [1.54, 1.807) is 4.90 Å². The van der Waals surface area contributed by atoms with Gasteiger partial charge in [-0.15, -0.1) is 0 Å². The molecule has 1 N–H and O–H groups in total. The Kier molecular flexibility index (Phi) is 6.15. The van der Waals surface area contributed by atoms with Crippen LogP contribution in [0.15, 0.2) is 54.7 Å². The number of fused-ring (bicyclic) bond motifs is 1. The van der Waals surface area contributed by atoms with Crippen LogP contribution in [-0.2, 0) is 29.2 Å². The summed E-state index contributed by atoms with van der Waals surface area (Å²) in [6, 6.07) is 13.4. The van der Waals surface area contributed by atoms with Gasteiger partial charge in [0.1, 0.15) is 18.4 Å². The second kappa shape index (κ2) is 9.37. The Bertz CT molecular complexity index is 1080. The number of rotatable bonds is 6. The zero-order chi connectivity index (χ0) is 22.8. The number of allylic oxidation sites excluding steroid dienone is 1. The van der Waals surface area contributed by atoms with E-state index in [-0.39, 0.29) is 11.8 Å². The molecule has 2 fully saturated rings. The first-order valence-electron chi connectivity index (χ1n) is 11.5. The minimum absolute atomic E-state index is 0.115. The SMILES string of the molecule is C=C1CCC(N2Cc3c(OCc4ccccc4CN4CCOCC4)cccc3C2=O)C(=O)N1. The number of carbonyl (C=O) groups excluding carboxylic acids is 2. The number of amides is 2. The molecule has 3 heterocycles. The molecular weight excluding hydrogens is 418 g/mol. The number of nitrogens with one attached hydrogen (secondary N) is 1. The Labute approximate surface area is 194 Å². The van der Waals surface area contributed by atoms with Gasteiger partial charge in [-0.2, -0.15) is 0 Å². The van der Waals surface area contributed by atoms with Crippen molar-refractivity contribution in [3.05, 3.63) is 77.0 Å². The average molecular weight is 448 g/mol. The number of benzene rings is 2. The van der Waals surface area contributed by atoms with Crippen molar-refractivity contribution in [3.8, 4) is 5.75 Å². The molecule has 1 atom stereocenters. The fraction of sp³-hybridized carbons (Fsp3) is 0.385. The molecule has 33 heavy (non-hydrogen) atoms. The summed E-state index contributed by atoms with van der Waals surface area (Å²) in [4.78, 5) is 29.6. The van der Waals surface area contributed by atoms with Crippen molar-refractivity contribution >= 4 is 11.8 Å². The lowest BCUT2D eigenvalue weighted by molar-refractivity contribution is -0.126. The Morgan fingerprint density at radius 1 is 1.06 bits per heavy atom. The van der Waals surface area contributed by atoms with Crippen LogP contribution in [0, 0.1) is 0 Å². The van der Waals surface area contributed by atoms with Crippen LogP contribution in [0.2, 0.25) is 0 Å². The average Bonchev–Trinajstić information content (AvgIpc) is 3.16. The van der Waals surface area contributed by atoms with Crippen LogP contribution in [-0.4, -0.2) is 54.0 Å². The first kappa shape index (κ1) is 21.7. The quantitative estimate of drug-likeness (QED) is 0.738. The van der Waals surface area contributed by atoms with Crippen molar-refractivity contribution in [1.29, 1.82) is 0 Å². The predicted octanol–water partition coefficient (Wildman–Crippen LogP) is 2.85. The van der Waals surface area contributed by atoms with Gasteiger partial charge >= 0.3 is 0 Å². The summed E-state index contributed by atoms with van der Waals surface area (Å²) in [5.41, 5.74) is 4.55. The molecule has 0 saturated carbocycles. The van der Waals surface area contributed by atoms with E-state index in [4.69, 9.17) is 9.47 Å². The van der Waals surface area contributed by atoms with Gasteiger partial charge in [0.05, 0.1) is 19.8 Å². The van der Waals surface area contributed by atoms with Crippen LogP contribution >= 0.6 is 0 Å².